The van der Waals surface area contributed by atoms with Gasteiger partial charge in [-0.05, 0) is 0 Å². The van der Waals surface area contributed by atoms with Gasteiger partial charge in [0.05, 0.1) is 6.61 Å². The van der Waals surface area contributed by atoms with Gasteiger partial charge < -0.3 is 4.74 Å². The van der Waals surface area contributed by atoms with E-state index in [1.165, 1.54) is 17.7 Å². The average Bonchev–Trinajstić information content (AvgIpc) is 3.05. The Hall–Kier alpha value is -1.77. The van der Waals surface area contributed by atoms with Crippen LogP contribution in [0, 0.1) is 0 Å². The first-order chi connectivity index (χ1) is 10.6. The summed E-state index contributed by atoms with van der Waals surface area (Å²) in [5.74, 6) is 0. The number of rotatable bonds is 3. The highest BCUT2D eigenvalue weighted by atomic mass is 32.1. The van der Waals surface area contributed by atoms with Gasteiger partial charge in [-0.25, -0.2) is 9.78 Å². The molecule has 3 rings (SSSR count). The monoisotopic (exact) mass is 322 g/mol. The molecule has 0 saturated carbocycles. The minimum atomic E-state index is -0.299. The van der Waals surface area contributed by atoms with E-state index in [0.717, 1.165) is 16.1 Å². The SMILES string of the molecule is Cn1c(CN2CCO[C@@H](c3nccs3)C2)cc(=O)n(C)c1=O. The number of ether oxygens (including phenoxy) is 1. The Kier molecular flexibility index (Phi) is 4.23. The Morgan fingerprint density at radius 1 is 1.36 bits per heavy atom. The lowest BCUT2D eigenvalue weighted by molar-refractivity contribution is -0.0337. The van der Waals surface area contributed by atoms with Crippen molar-refractivity contribution in [2.24, 2.45) is 14.1 Å². The summed E-state index contributed by atoms with van der Waals surface area (Å²) in [6.45, 7) is 2.64. The Labute approximate surface area is 131 Å². The van der Waals surface area contributed by atoms with Gasteiger partial charge in [0.2, 0.25) is 0 Å². The predicted molar refractivity (Wildman–Crippen MR) is 83.0 cm³/mol. The van der Waals surface area contributed by atoms with Crippen molar-refractivity contribution in [1.82, 2.24) is 19.0 Å². The molecular formula is C14H18N4O3S. The summed E-state index contributed by atoms with van der Waals surface area (Å²) in [4.78, 5) is 30.3. The molecule has 0 N–H and O–H groups in total. The van der Waals surface area contributed by atoms with Crippen molar-refractivity contribution in [3.8, 4) is 0 Å². The molecular weight excluding hydrogens is 304 g/mol. The second kappa shape index (κ2) is 6.15. The van der Waals surface area contributed by atoms with Crippen molar-refractivity contribution >= 4 is 11.3 Å². The molecule has 1 aliphatic heterocycles. The molecule has 118 valence electrons. The van der Waals surface area contributed by atoms with Crippen LogP contribution in [0.4, 0.5) is 0 Å². The summed E-state index contributed by atoms with van der Waals surface area (Å²) in [7, 11) is 3.18. The van der Waals surface area contributed by atoms with Crippen LogP contribution in [-0.2, 0) is 25.4 Å². The summed E-state index contributed by atoms with van der Waals surface area (Å²) in [5, 5.41) is 2.89. The number of thiazole rings is 1. The van der Waals surface area contributed by atoms with E-state index >= 15 is 0 Å². The molecule has 8 heteroatoms. The third-order valence-corrected chi connectivity index (χ3v) is 4.76. The van der Waals surface area contributed by atoms with E-state index in [1.807, 2.05) is 5.38 Å². The standard InChI is InChI=1S/C14H18N4O3S/c1-16-10(7-12(19)17(2)14(16)20)8-18-4-5-21-11(9-18)13-15-3-6-22-13/h3,6-7,11H,4-5,8-9H2,1-2H3/t11-/m1/s1. The number of aromatic nitrogens is 3. The van der Waals surface area contributed by atoms with Gasteiger partial charge in [-0.3, -0.25) is 18.8 Å². The summed E-state index contributed by atoms with van der Waals surface area (Å²) in [6, 6.07) is 1.52. The second-order valence-corrected chi connectivity index (χ2v) is 6.27. The Morgan fingerprint density at radius 3 is 2.91 bits per heavy atom. The third kappa shape index (κ3) is 2.90. The average molecular weight is 322 g/mol. The Balaban J connectivity index is 1.79. The topological polar surface area (TPSA) is 69.4 Å². The van der Waals surface area contributed by atoms with Gasteiger partial charge in [-0.1, -0.05) is 0 Å². The minimum absolute atomic E-state index is 0.0441. The van der Waals surface area contributed by atoms with Gasteiger partial charge in [0.25, 0.3) is 5.56 Å². The number of nitrogens with zero attached hydrogens (tertiary/aromatic N) is 4. The zero-order chi connectivity index (χ0) is 15.7. The van der Waals surface area contributed by atoms with E-state index in [2.05, 4.69) is 9.88 Å². The van der Waals surface area contributed by atoms with E-state index < -0.39 is 0 Å². The van der Waals surface area contributed by atoms with Crippen molar-refractivity contribution < 1.29 is 4.74 Å². The highest BCUT2D eigenvalue weighted by Gasteiger charge is 2.24. The molecule has 1 fully saturated rings. The molecule has 1 saturated heterocycles. The first-order valence-electron chi connectivity index (χ1n) is 7.05. The van der Waals surface area contributed by atoms with Gasteiger partial charge in [0.15, 0.2) is 0 Å². The van der Waals surface area contributed by atoms with Crippen LogP contribution in [-0.4, -0.2) is 38.7 Å². The summed E-state index contributed by atoms with van der Waals surface area (Å²) < 4.78 is 8.39. The van der Waals surface area contributed by atoms with Crippen LogP contribution >= 0.6 is 11.3 Å². The Morgan fingerprint density at radius 2 is 2.18 bits per heavy atom. The fourth-order valence-electron chi connectivity index (χ4n) is 2.55. The van der Waals surface area contributed by atoms with Crippen LogP contribution in [0.5, 0.6) is 0 Å². The highest BCUT2D eigenvalue weighted by molar-refractivity contribution is 7.09. The van der Waals surface area contributed by atoms with Crippen LogP contribution in [0.2, 0.25) is 0 Å². The summed E-state index contributed by atoms with van der Waals surface area (Å²) in [6.07, 6.45) is 1.73. The summed E-state index contributed by atoms with van der Waals surface area (Å²) >= 11 is 1.58. The maximum Gasteiger partial charge on any atom is 0.330 e. The quantitative estimate of drug-likeness (QED) is 0.802. The highest BCUT2D eigenvalue weighted by Crippen LogP contribution is 2.24. The molecule has 0 radical (unpaired) electrons. The molecule has 2 aromatic rings. The fourth-order valence-corrected chi connectivity index (χ4v) is 3.23. The molecule has 0 spiro atoms. The molecule has 3 heterocycles. The smallest absolute Gasteiger partial charge is 0.330 e. The maximum absolute atomic E-state index is 12.0. The lowest BCUT2D eigenvalue weighted by Gasteiger charge is -2.32. The molecule has 0 aromatic carbocycles. The summed E-state index contributed by atoms with van der Waals surface area (Å²) in [5.41, 5.74) is 0.142. The van der Waals surface area contributed by atoms with Crippen LogP contribution in [0.15, 0.2) is 27.2 Å². The zero-order valence-electron chi connectivity index (χ0n) is 12.6. The van der Waals surface area contributed by atoms with Gasteiger partial charge in [0.1, 0.15) is 11.1 Å². The van der Waals surface area contributed by atoms with Crippen LogP contribution < -0.4 is 11.2 Å². The predicted octanol–water partition coefficient (Wildman–Crippen LogP) is 0.114. The van der Waals surface area contributed by atoms with Crippen LogP contribution in [0.1, 0.15) is 16.8 Å². The van der Waals surface area contributed by atoms with Crippen molar-refractivity contribution in [3.05, 3.63) is 49.2 Å². The van der Waals surface area contributed by atoms with E-state index in [-0.39, 0.29) is 17.4 Å². The molecule has 7 nitrogen and oxygen atoms in total. The van der Waals surface area contributed by atoms with Crippen molar-refractivity contribution in [2.45, 2.75) is 12.6 Å². The lowest BCUT2D eigenvalue weighted by atomic mass is 10.2. The van der Waals surface area contributed by atoms with Crippen molar-refractivity contribution in [1.29, 1.82) is 0 Å². The zero-order valence-corrected chi connectivity index (χ0v) is 13.4. The molecule has 0 aliphatic carbocycles. The normalized spacial score (nSPS) is 19.5. The van der Waals surface area contributed by atoms with E-state index in [4.69, 9.17) is 4.74 Å². The largest absolute Gasteiger partial charge is 0.368 e. The van der Waals surface area contributed by atoms with Crippen molar-refractivity contribution in [2.75, 3.05) is 19.7 Å². The van der Waals surface area contributed by atoms with E-state index in [0.29, 0.717) is 25.4 Å². The molecule has 1 atom stereocenters. The molecule has 0 amide bonds. The van der Waals surface area contributed by atoms with Crippen LogP contribution in [0.3, 0.4) is 0 Å². The van der Waals surface area contributed by atoms with Gasteiger partial charge in [0, 0.05) is 57.1 Å². The van der Waals surface area contributed by atoms with E-state index in [1.54, 1.807) is 24.6 Å². The third-order valence-electron chi connectivity index (χ3n) is 3.89. The lowest BCUT2D eigenvalue weighted by Crippen LogP contribution is -2.42. The van der Waals surface area contributed by atoms with Gasteiger partial charge >= 0.3 is 5.69 Å². The molecule has 0 bridgehead atoms. The van der Waals surface area contributed by atoms with E-state index in [9.17, 15) is 9.59 Å². The first kappa shape index (κ1) is 15.1. The maximum atomic E-state index is 12.0. The number of hydrogen-bond donors (Lipinski definition) is 0. The molecule has 1 aliphatic rings. The molecule has 22 heavy (non-hydrogen) atoms. The van der Waals surface area contributed by atoms with Gasteiger partial charge in [-0.15, -0.1) is 11.3 Å². The molecule has 2 aromatic heterocycles. The number of hydrogen-bond acceptors (Lipinski definition) is 6. The van der Waals surface area contributed by atoms with Gasteiger partial charge in [-0.2, -0.15) is 0 Å². The Bertz CT molecular complexity index is 765. The minimum Gasteiger partial charge on any atom is -0.368 e. The van der Waals surface area contributed by atoms with Crippen LogP contribution in [0.25, 0.3) is 0 Å². The van der Waals surface area contributed by atoms with Crippen molar-refractivity contribution in [3.63, 3.8) is 0 Å². The number of morpholine rings is 1. The first-order valence-corrected chi connectivity index (χ1v) is 7.93. The second-order valence-electron chi connectivity index (χ2n) is 5.34. The fraction of sp³-hybridized carbons (Fsp3) is 0.500. The molecule has 0 unspecified atom stereocenters.